The number of allylic oxidation sites excluding steroid dienone is 1. The van der Waals surface area contributed by atoms with Crippen molar-refractivity contribution in [3.63, 3.8) is 0 Å². The summed E-state index contributed by atoms with van der Waals surface area (Å²) in [5.74, 6) is 1.70. The molecule has 0 aromatic heterocycles. The lowest BCUT2D eigenvalue weighted by Crippen LogP contribution is -2.36. The van der Waals surface area contributed by atoms with Crippen molar-refractivity contribution in [1.29, 1.82) is 0 Å². The van der Waals surface area contributed by atoms with E-state index in [2.05, 4.69) is 46.4 Å². The number of hydrogen-bond donors (Lipinski definition) is 0. The van der Waals surface area contributed by atoms with Gasteiger partial charge in [-0.05, 0) is 55.9 Å². The van der Waals surface area contributed by atoms with Gasteiger partial charge < -0.3 is 4.90 Å². The molecule has 3 atom stereocenters. The van der Waals surface area contributed by atoms with E-state index in [1.807, 2.05) is 0 Å². The van der Waals surface area contributed by atoms with Crippen LogP contribution in [0.3, 0.4) is 0 Å². The summed E-state index contributed by atoms with van der Waals surface area (Å²) in [6.45, 7) is 13.7. The number of carbonyl (C=O) groups is 1. The summed E-state index contributed by atoms with van der Waals surface area (Å²) in [5.41, 5.74) is 3.06. The van der Waals surface area contributed by atoms with Gasteiger partial charge >= 0.3 is 0 Å². The molecule has 114 valence electrons. The molecule has 0 N–H and O–H groups in total. The predicted octanol–water partition coefficient (Wildman–Crippen LogP) is 4.75. The van der Waals surface area contributed by atoms with Crippen molar-refractivity contribution >= 4 is 5.91 Å². The molecule has 1 amide bonds. The Hall–Kier alpha value is -0.790. The van der Waals surface area contributed by atoms with E-state index < -0.39 is 0 Å². The maximum absolute atomic E-state index is 12.4. The van der Waals surface area contributed by atoms with E-state index >= 15 is 0 Å². The highest BCUT2D eigenvalue weighted by Crippen LogP contribution is 2.53. The van der Waals surface area contributed by atoms with Gasteiger partial charge in [-0.25, -0.2) is 0 Å². The Bertz CT molecular complexity index is 423. The van der Waals surface area contributed by atoms with E-state index in [4.69, 9.17) is 0 Å². The van der Waals surface area contributed by atoms with Crippen LogP contribution in [0.5, 0.6) is 0 Å². The molecule has 0 fully saturated rings. The Kier molecular flexibility index (Phi) is 4.32. The Morgan fingerprint density at radius 3 is 2.45 bits per heavy atom. The fourth-order valence-electron chi connectivity index (χ4n) is 4.29. The highest BCUT2D eigenvalue weighted by atomic mass is 16.2. The van der Waals surface area contributed by atoms with Crippen LogP contribution in [0.4, 0.5) is 0 Å². The third-order valence-corrected chi connectivity index (χ3v) is 6.05. The van der Waals surface area contributed by atoms with Crippen molar-refractivity contribution in [2.45, 2.75) is 79.7 Å². The van der Waals surface area contributed by atoms with Gasteiger partial charge in [0.1, 0.15) is 0 Å². The summed E-state index contributed by atoms with van der Waals surface area (Å²) >= 11 is 0. The molecular weight excluding hydrogens is 246 g/mol. The lowest BCUT2D eigenvalue weighted by molar-refractivity contribution is -0.128. The van der Waals surface area contributed by atoms with Gasteiger partial charge in [0.25, 0.3) is 0 Å². The zero-order chi connectivity index (χ0) is 15.1. The fourth-order valence-corrected chi connectivity index (χ4v) is 4.29. The van der Waals surface area contributed by atoms with Gasteiger partial charge in [-0.2, -0.15) is 0 Å². The van der Waals surface area contributed by atoms with Crippen LogP contribution in [0.15, 0.2) is 11.3 Å². The normalized spacial score (nSPS) is 29.9. The molecule has 0 saturated heterocycles. The van der Waals surface area contributed by atoms with Gasteiger partial charge in [0.15, 0.2) is 0 Å². The molecule has 2 heteroatoms. The molecule has 0 radical (unpaired) electrons. The molecule has 1 heterocycles. The third kappa shape index (κ3) is 2.31. The largest absolute Gasteiger partial charge is 0.313 e. The standard InChI is InChI=1S/C18H31NO/c1-7-13(4)14(5)18(6)10-8-9-16-15(18)11-17(20)19(16)12(2)3/h12-14H,7-11H2,1-6H3. The molecule has 20 heavy (non-hydrogen) atoms. The summed E-state index contributed by atoms with van der Waals surface area (Å²) in [6.07, 6.45) is 5.47. The highest BCUT2D eigenvalue weighted by Gasteiger charge is 2.46. The van der Waals surface area contributed by atoms with Crippen LogP contribution in [0, 0.1) is 17.3 Å². The number of hydrogen-bond acceptors (Lipinski definition) is 1. The minimum absolute atomic E-state index is 0.225. The molecule has 0 spiro atoms. The van der Waals surface area contributed by atoms with Crippen LogP contribution < -0.4 is 0 Å². The van der Waals surface area contributed by atoms with Gasteiger partial charge in [-0.3, -0.25) is 4.79 Å². The maximum Gasteiger partial charge on any atom is 0.231 e. The first kappa shape index (κ1) is 15.6. The van der Waals surface area contributed by atoms with E-state index in [-0.39, 0.29) is 5.41 Å². The van der Waals surface area contributed by atoms with Crippen molar-refractivity contribution in [2.24, 2.45) is 17.3 Å². The van der Waals surface area contributed by atoms with Gasteiger partial charge in [0, 0.05) is 11.7 Å². The molecular formula is C18H31NO. The predicted molar refractivity (Wildman–Crippen MR) is 84.2 cm³/mol. The van der Waals surface area contributed by atoms with Crippen LogP contribution in [-0.4, -0.2) is 16.8 Å². The van der Waals surface area contributed by atoms with Gasteiger partial charge in [0.2, 0.25) is 5.91 Å². The average molecular weight is 277 g/mol. The number of amides is 1. The van der Waals surface area contributed by atoms with Gasteiger partial charge in [-0.1, -0.05) is 34.1 Å². The molecule has 3 unspecified atom stereocenters. The summed E-state index contributed by atoms with van der Waals surface area (Å²) in [5, 5.41) is 0. The SMILES string of the molecule is CCC(C)C(C)C1(C)CCCC2=C1CC(=O)N2C(C)C. The van der Waals surface area contributed by atoms with Crippen LogP contribution in [0.25, 0.3) is 0 Å². The summed E-state index contributed by atoms with van der Waals surface area (Å²) in [4.78, 5) is 14.5. The van der Waals surface area contributed by atoms with Crippen LogP contribution in [0.2, 0.25) is 0 Å². The van der Waals surface area contributed by atoms with Crippen LogP contribution in [-0.2, 0) is 4.79 Å². The zero-order valence-corrected chi connectivity index (χ0v) is 14.1. The first-order valence-electron chi connectivity index (χ1n) is 8.37. The second kappa shape index (κ2) is 5.54. The Morgan fingerprint density at radius 1 is 1.25 bits per heavy atom. The topological polar surface area (TPSA) is 20.3 Å². The molecule has 2 nitrogen and oxygen atoms in total. The first-order valence-corrected chi connectivity index (χ1v) is 8.37. The quantitative estimate of drug-likeness (QED) is 0.726. The molecule has 1 aliphatic heterocycles. The molecule has 1 aliphatic carbocycles. The van der Waals surface area contributed by atoms with Crippen LogP contribution >= 0.6 is 0 Å². The highest BCUT2D eigenvalue weighted by molar-refractivity contribution is 5.85. The molecule has 0 saturated carbocycles. The molecule has 0 aromatic carbocycles. The smallest absolute Gasteiger partial charge is 0.231 e. The molecule has 0 aromatic rings. The van der Waals surface area contributed by atoms with E-state index in [0.29, 0.717) is 24.3 Å². The zero-order valence-electron chi connectivity index (χ0n) is 14.1. The van der Waals surface area contributed by atoms with Crippen molar-refractivity contribution in [3.8, 4) is 0 Å². The second-order valence-electron chi connectivity index (χ2n) is 7.40. The van der Waals surface area contributed by atoms with Crippen LogP contribution in [0.1, 0.15) is 73.6 Å². The summed E-state index contributed by atoms with van der Waals surface area (Å²) in [7, 11) is 0. The Labute approximate surface area is 124 Å². The number of carbonyl (C=O) groups excluding carboxylic acids is 1. The average Bonchev–Trinajstić information content (AvgIpc) is 2.75. The van der Waals surface area contributed by atoms with Crippen molar-refractivity contribution in [3.05, 3.63) is 11.3 Å². The van der Waals surface area contributed by atoms with Gasteiger partial charge in [0.05, 0.1) is 6.42 Å². The van der Waals surface area contributed by atoms with Crippen molar-refractivity contribution in [1.82, 2.24) is 4.90 Å². The third-order valence-electron chi connectivity index (χ3n) is 6.05. The molecule has 0 bridgehead atoms. The lowest BCUT2D eigenvalue weighted by Gasteiger charge is -2.44. The Balaban J connectivity index is 2.39. The fraction of sp³-hybridized carbons (Fsp3) is 0.833. The monoisotopic (exact) mass is 277 g/mol. The van der Waals surface area contributed by atoms with Crippen molar-refractivity contribution in [2.75, 3.05) is 0 Å². The summed E-state index contributed by atoms with van der Waals surface area (Å²) in [6, 6.07) is 0.302. The number of rotatable bonds is 4. The Morgan fingerprint density at radius 2 is 1.90 bits per heavy atom. The first-order chi connectivity index (χ1) is 9.32. The van der Waals surface area contributed by atoms with E-state index in [9.17, 15) is 4.79 Å². The molecule has 2 rings (SSSR count). The number of nitrogens with zero attached hydrogens (tertiary/aromatic N) is 1. The minimum atomic E-state index is 0.225. The van der Waals surface area contributed by atoms with Gasteiger partial charge in [-0.15, -0.1) is 0 Å². The van der Waals surface area contributed by atoms with E-state index in [1.165, 1.54) is 30.5 Å². The van der Waals surface area contributed by atoms with E-state index in [0.717, 1.165) is 12.3 Å². The minimum Gasteiger partial charge on any atom is -0.313 e. The lowest BCUT2D eigenvalue weighted by atomic mass is 9.61. The summed E-state index contributed by atoms with van der Waals surface area (Å²) < 4.78 is 0. The maximum atomic E-state index is 12.4. The molecule has 2 aliphatic rings. The second-order valence-corrected chi connectivity index (χ2v) is 7.40. The van der Waals surface area contributed by atoms with E-state index in [1.54, 1.807) is 0 Å². The van der Waals surface area contributed by atoms with Crippen molar-refractivity contribution < 1.29 is 4.79 Å².